The standard InChI is InChI=1S/C32H28Cl3FN8/c1-2-43-11-9-24(10-12-43)44-18-29(41-42-44)31(19-3-5-21(33)6-4-19)40-28-14-22(34)13-25-30(20(16-37)17-38-32(25)28)39-23-7-8-27(36)26(35)15-23/h3-8,13-15,17-18,24,31,40H,2,9-12H2,1H3,(H,38,39)/t31-/m0/s1. The van der Waals surface area contributed by atoms with Gasteiger partial charge in [0.05, 0.1) is 45.8 Å². The third-order valence-electron chi connectivity index (χ3n) is 7.95. The van der Waals surface area contributed by atoms with E-state index in [-0.39, 0.29) is 16.6 Å². The molecule has 0 radical (unpaired) electrons. The number of pyridine rings is 1. The van der Waals surface area contributed by atoms with Gasteiger partial charge in [0, 0.05) is 40.4 Å². The Labute approximate surface area is 269 Å². The van der Waals surface area contributed by atoms with Gasteiger partial charge in [0.2, 0.25) is 0 Å². The quantitative estimate of drug-likeness (QED) is 0.174. The number of hydrogen-bond acceptors (Lipinski definition) is 7. The first kappa shape index (κ1) is 30.1. The first-order chi connectivity index (χ1) is 21.3. The summed E-state index contributed by atoms with van der Waals surface area (Å²) in [5.41, 5.74) is 4.12. The van der Waals surface area contributed by atoms with Crippen molar-refractivity contribution in [2.45, 2.75) is 31.8 Å². The molecular weight excluding hydrogens is 622 g/mol. The molecule has 0 amide bonds. The molecule has 0 bridgehead atoms. The van der Waals surface area contributed by atoms with Crippen LogP contribution in [0.4, 0.5) is 21.5 Å². The van der Waals surface area contributed by atoms with Gasteiger partial charge in [-0.25, -0.2) is 9.07 Å². The molecular formula is C32H28Cl3FN8. The number of anilines is 3. The normalized spacial score (nSPS) is 14.8. The van der Waals surface area contributed by atoms with Gasteiger partial charge < -0.3 is 15.5 Å². The van der Waals surface area contributed by atoms with Gasteiger partial charge in [0.15, 0.2) is 0 Å². The fourth-order valence-electron chi connectivity index (χ4n) is 5.56. The number of piperidine rings is 1. The summed E-state index contributed by atoms with van der Waals surface area (Å²) >= 11 is 18.9. The summed E-state index contributed by atoms with van der Waals surface area (Å²) in [4.78, 5) is 7.08. The van der Waals surface area contributed by atoms with Gasteiger partial charge in [-0.1, -0.05) is 59.1 Å². The van der Waals surface area contributed by atoms with Crippen LogP contribution in [0.5, 0.6) is 0 Å². The van der Waals surface area contributed by atoms with Crippen LogP contribution in [-0.2, 0) is 0 Å². The fourth-order valence-corrected chi connectivity index (χ4v) is 6.08. The van der Waals surface area contributed by atoms with Gasteiger partial charge in [-0.15, -0.1) is 5.10 Å². The number of nitrogens with zero attached hydrogens (tertiary/aromatic N) is 6. The van der Waals surface area contributed by atoms with Crippen LogP contribution < -0.4 is 10.6 Å². The summed E-state index contributed by atoms with van der Waals surface area (Å²) in [6, 6.07) is 17.4. The number of hydrogen-bond donors (Lipinski definition) is 2. The van der Waals surface area contributed by atoms with E-state index in [2.05, 4.69) is 43.8 Å². The number of benzene rings is 3. The minimum Gasteiger partial charge on any atom is -0.371 e. The van der Waals surface area contributed by atoms with Gasteiger partial charge in [0.1, 0.15) is 17.6 Å². The van der Waals surface area contributed by atoms with Crippen molar-refractivity contribution in [1.82, 2.24) is 24.9 Å². The topological polar surface area (TPSA) is 94.7 Å². The van der Waals surface area contributed by atoms with Crippen LogP contribution in [-0.4, -0.2) is 44.5 Å². The number of likely N-dealkylation sites (tertiary alicyclic amines) is 1. The third-order valence-corrected chi connectivity index (χ3v) is 8.71. The lowest BCUT2D eigenvalue weighted by atomic mass is 10.0. The Morgan fingerprint density at radius 2 is 1.82 bits per heavy atom. The zero-order valence-electron chi connectivity index (χ0n) is 23.7. The molecule has 12 heteroatoms. The van der Waals surface area contributed by atoms with Crippen LogP contribution in [0, 0.1) is 17.1 Å². The zero-order valence-corrected chi connectivity index (χ0v) is 26.0. The molecule has 1 atom stereocenters. The van der Waals surface area contributed by atoms with Gasteiger partial charge in [-0.05, 0) is 67.4 Å². The average Bonchev–Trinajstić information content (AvgIpc) is 3.52. The van der Waals surface area contributed by atoms with E-state index in [1.54, 1.807) is 18.2 Å². The Hall–Kier alpha value is -3.94. The van der Waals surface area contributed by atoms with E-state index in [4.69, 9.17) is 34.8 Å². The summed E-state index contributed by atoms with van der Waals surface area (Å²) in [7, 11) is 0. The molecule has 0 spiro atoms. The maximum absolute atomic E-state index is 13.8. The van der Waals surface area contributed by atoms with Crippen molar-refractivity contribution in [3.63, 3.8) is 0 Å². The lowest BCUT2D eigenvalue weighted by Gasteiger charge is -2.30. The van der Waals surface area contributed by atoms with Crippen LogP contribution in [0.1, 0.15) is 48.7 Å². The number of rotatable bonds is 8. The van der Waals surface area contributed by atoms with E-state index >= 15 is 0 Å². The molecule has 5 aromatic rings. The predicted molar refractivity (Wildman–Crippen MR) is 173 cm³/mol. The minimum atomic E-state index is -0.538. The highest BCUT2D eigenvalue weighted by atomic mass is 35.5. The number of nitrogens with one attached hydrogen (secondary N) is 2. The highest BCUT2D eigenvalue weighted by molar-refractivity contribution is 6.32. The van der Waals surface area contributed by atoms with Crippen molar-refractivity contribution in [2.24, 2.45) is 0 Å². The Kier molecular flexibility index (Phi) is 8.87. The van der Waals surface area contributed by atoms with E-state index in [1.807, 2.05) is 35.1 Å². The Morgan fingerprint density at radius 3 is 2.52 bits per heavy atom. The average molecular weight is 650 g/mol. The maximum Gasteiger partial charge on any atom is 0.141 e. The van der Waals surface area contributed by atoms with Gasteiger partial charge in [-0.3, -0.25) is 4.98 Å². The molecule has 0 aliphatic carbocycles. The Bertz CT molecular complexity index is 1850. The van der Waals surface area contributed by atoms with E-state index in [0.29, 0.717) is 38.0 Å². The maximum atomic E-state index is 13.8. The van der Waals surface area contributed by atoms with Crippen molar-refractivity contribution >= 4 is 62.8 Å². The SMILES string of the molecule is CCN1CCC(n2cc([C@@H](Nc3cc(Cl)cc4c(Nc5ccc(F)c(Cl)c5)c(C#N)cnc34)c3ccc(Cl)cc3)nn2)CC1. The number of nitriles is 1. The number of aromatic nitrogens is 4. The first-order valence-corrected chi connectivity index (χ1v) is 15.4. The first-order valence-electron chi connectivity index (χ1n) is 14.2. The van der Waals surface area contributed by atoms with Crippen molar-refractivity contribution in [3.05, 3.63) is 105 Å². The summed E-state index contributed by atoms with van der Waals surface area (Å²) in [5, 5.41) is 27.4. The number of halogens is 4. The molecule has 1 saturated heterocycles. The lowest BCUT2D eigenvalue weighted by Crippen LogP contribution is -2.34. The van der Waals surface area contributed by atoms with Crippen molar-refractivity contribution < 1.29 is 4.39 Å². The van der Waals surface area contributed by atoms with Crippen LogP contribution in [0.2, 0.25) is 15.1 Å². The van der Waals surface area contributed by atoms with Gasteiger partial charge >= 0.3 is 0 Å². The molecule has 3 heterocycles. The van der Waals surface area contributed by atoms with E-state index in [1.165, 1.54) is 18.3 Å². The second-order valence-corrected chi connectivity index (χ2v) is 12.0. The molecule has 8 nitrogen and oxygen atoms in total. The smallest absolute Gasteiger partial charge is 0.141 e. The highest BCUT2D eigenvalue weighted by Gasteiger charge is 2.25. The van der Waals surface area contributed by atoms with E-state index in [9.17, 15) is 9.65 Å². The molecule has 1 aliphatic heterocycles. The second kappa shape index (κ2) is 13.0. The molecule has 44 heavy (non-hydrogen) atoms. The molecule has 1 aliphatic rings. The van der Waals surface area contributed by atoms with Crippen LogP contribution in [0.3, 0.4) is 0 Å². The molecule has 2 N–H and O–H groups in total. The zero-order chi connectivity index (χ0) is 30.8. The third kappa shape index (κ3) is 6.30. The largest absolute Gasteiger partial charge is 0.371 e. The molecule has 224 valence electrons. The van der Waals surface area contributed by atoms with Crippen LogP contribution in [0.15, 0.2) is 67.0 Å². The second-order valence-electron chi connectivity index (χ2n) is 10.7. The van der Waals surface area contributed by atoms with Gasteiger partial charge in [0.25, 0.3) is 0 Å². The molecule has 3 aromatic carbocycles. The fraction of sp³-hybridized carbons (Fsp3) is 0.250. The monoisotopic (exact) mass is 648 g/mol. The lowest BCUT2D eigenvalue weighted by molar-refractivity contribution is 0.186. The Morgan fingerprint density at radius 1 is 1.05 bits per heavy atom. The summed E-state index contributed by atoms with van der Waals surface area (Å²) < 4.78 is 15.8. The number of fused-ring (bicyclic) bond motifs is 1. The van der Waals surface area contributed by atoms with E-state index < -0.39 is 11.9 Å². The van der Waals surface area contributed by atoms with Crippen molar-refractivity contribution in [3.8, 4) is 6.07 Å². The summed E-state index contributed by atoms with van der Waals surface area (Å²) in [6.07, 6.45) is 5.51. The summed E-state index contributed by atoms with van der Waals surface area (Å²) in [5.74, 6) is -0.538. The molecule has 0 saturated carbocycles. The van der Waals surface area contributed by atoms with Gasteiger partial charge in [-0.2, -0.15) is 5.26 Å². The molecule has 2 aromatic heterocycles. The highest BCUT2D eigenvalue weighted by Crippen LogP contribution is 2.38. The molecule has 0 unspecified atom stereocenters. The Balaban J connectivity index is 1.40. The minimum absolute atomic E-state index is 0.0398. The van der Waals surface area contributed by atoms with Crippen LogP contribution in [0.25, 0.3) is 10.9 Å². The predicted octanol–water partition coefficient (Wildman–Crippen LogP) is 8.40. The summed E-state index contributed by atoms with van der Waals surface area (Å²) in [6.45, 7) is 5.29. The van der Waals surface area contributed by atoms with Crippen molar-refractivity contribution in [1.29, 1.82) is 5.26 Å². The van der Waals surface area contributed by atoms with Crippen LogP contribution >= 0.6 is 34.8 Å². The molecule has 1 fully saturated rings. The molecule has 6 rings (SSSR count). The van der Waals surface area contributed by atoms with Crippen molar-refractivity contribution in [2.75, 3.05) is 30.3 Å². The van der Waals surface area contributed by atoms with E-state index in [0.717, 1.165) is 43.7 Å².